The molecule has 0 spiro atoms. The molecule has 1 saturated carbocycles. The van der Waals surface area contributed by atoms with Gasteiger partial charge in [-0.3, -0.25) is 0 Å². The summed E-state index contributed by atoms with van der Waals surface area (Å²) in [5.41, 5.74) is 3.99. The second-order valence-corrected chi connectivity index (χ2v) is 4.33. The zero-order valence-electron chi connectivity index (χ0n) is 9.24. The minimum absolute atomic E-state index is 0.234. The van der Waals surface area contributed by atoms with Gasteiger partial charge < -0.3 is 5.11 Å². The third kappa shape index (κ3) is 2.93. The van der Waals surface area contributed by atoms with Gasteiger partial charge in [0.2, 0.25) is 0 Å². The molecule has 1 nitrogen and oxygen atoms in total. The molecule has 0 heterocycles. The maximum Gasteiger partial charge on any atom is 0.0753 e. The molecule has 1 aliphatic carbocycles. The van der Waals surface area contributed by atoms with E-state index in [4.69, 9.17) is 0 Å². The lowest BCUT2D eigenvalue weighted by Gasteiger charge is -2.10. The topological polar surface area (TPSA) is 20.2 Å². The number of allylic oxidation sites excluding steroid dienone is 1. The van der Waals surface area contributed by atoms with Crippen LogP contribution in [-0.4, -0.2) is 11.2 Å². The zero-order chi connectivity index (χ0) is 10.7. The molecule has 1 aromatic rings. The normalized spacial score (nSPS) is 16.3. The lowest BCUT2D eigenvalue weighted by atomic mass is 10.0. The molecule has 0 aliphatic heterocycles. The van der Waals surface area contributed by atoms with Crippen molar-refractivity contribution in [2.45, 2.75) is 38.7 Å². The Labute approximate surface area is 91.4 Å². The summed E-state index contributed by atoms with van der Waals surface area (Å²) < 4.78 is 0. The van der Waals surface area contributed by atoms with Gasteiger partial charge in [-0.1, -0.05) is 35.9 Å². The van der Waals surface area contributed by atoms with Gasteiger partial charge in [-0.15, -0.1) is 0 Å². The summed E-state index contributed by atoms with van der Waals surface area (Å²) in [7, 11) is 0. The maximum absolute atomic E-state index is 9.93. The summed E-state index contributed by atoms with van der Waals surface area (Å²) in [5, 5.41) is 9.93. The number of hydrogen-bond acceptors (Lipinski definition) is 1. The summed E-state index contributed by atoms with van der Waals surface area (Å²) >= 11 is 0. The summed E-state index contributed by atoms with van der Waals surface area (Å²) in [5.74, 6) is 0. The van der Waals surface area contributed by atoms with Crippen molar-refractivity contribution in [3.63, 3.8) is 0 Å². The van der Waals surface area contributed by atoms with Crippen LogP contribution in [0, 0.1) is 0 Å². The minimum Gasteiger partial charge on any atom is -0.389 e. The number of aliphatic hydroxyl groups is 1. The molecule has 1 atom stereocenters. The number of rotatable bonds is 4. The van der Waals surface area contributed by atoms with Crippen LogP contribution in [0.4, 0.5) is 0 Å². The first-order valence-corrected chi connectivity index (χ1v) is 5.68. The van der Waals surface area contributed by atoms with Crippen molar-refractivity contribution in [3.8, 4) is 0 Å². The third-order valence-electron chi connectivity index (χ3n) is 3.11. The maximum atomic E-state index is 9.93. The van der Waals surface area contributed by atoms with Gasteiger partial charge in [0.15, 0.2) is 0 Å². The lowest BCUT2D eigenvalue weighted by Crippen LogP contribution is -2.09. The number of aliphatic hydroxyl groups excluding tert-OH is 1. The first kappa shape index (κ1) is 10.4. The average Bonchev–Trinajstić information content (AvgIpc) is 3.10. The number of benzene rings is 1. The molecule has 1 heteroatoms. The Morgan fingerprint density at radius 2 is 1.93 bits per heavy atom. The van der Waals surface area contributed by atoms with Crippen LogP contribution >= 0.6 is 0 Å². The second kappa shape index (κ2) is 4.63. The van der Waals surface area contributed by atoms with E-state index < -0.39 is 0 Å². The van der Waals surface area contributed by atoms with Crippen molar-refractivity contribution in [1.82, 2.24) is 0 Å². The van der Waals surface area contributed by atoms with Crippen molar-refractivity contribution in [2.24, 2.45) is 0 Å². The lowest BCUT2D eigenvalue weighted by molar-refractivity contribution is 0.200. The van der Waals surface area contributed by atoms with Crippen molar-refractivity contribution in [1.29, 1.82) is 0 Å². The second-order valence-electron chi connectivity index (χ2n) is 4.33. The standard InChI is InChI=1S/C14H18O/c1-11(13-8-9-13)14(15)10-7-12-5-3-2-4-6-12/h2-6,14-15H,7-10H2,1H3. The van der Waals surface area contributed by atoms with Crippen molar-refractivity contribution in [3.05, 3.63) is 47.0 Å². The molecule has 1 unspecified atom stereocenters. The van der Waals surface area contributed by atoms with Gasteiger partial charge >= 0.3 is 0 Å². The van der Waals surface area contributed by atoms with E-state index in [2.05, 4.69) is 19.1 Å². The SMILES string of the molecule is CC(=C1CC1)C(O)CCc1ccccc1. The molecular weight excluding hydrogens is 184 g/mol. The van der Waals surface area contributed by atoms with Gasteiger partial charge in [0.05, 0.1) is 6.10 Å². The highest BCUT2D eigenvalue weighted by atomic mass is 16.3. The van der Waals surface area contributed by atoms with E-state index >= 15 is 0 Å². The van der Waals surface area contributed by atoms with Crippen molar-refractivity contribution in [2.75, 3.05) is 0 Å². The van der Waals surface area contributed by atoms with E-state index in [1.165, 1.54) is 29.6 Å². The van der Waals surface area contributed by atoms with Crippen LogP contribution < -0.4 is 0 Å². The van der Waals surface area contributed by atoms with Crippen LogP contribution in [0.3, 0.4) is 0 Å². The van der Waals surface area contributed by atoms with Gasteiger partial charge in [-0.25, -0.2) is 0 Å². The number of hydrogen-bond donors (Lipinski definition) is 1. The molecule has 80 valence electrons. The van der Waals surface area contributed by atoms with E-state index in [1.54, 1.807) is 0 Å². The third-order valence-corrected chi connectivity index (χ3v) is 3.11. The molecule has 15 heavy (non-hydrogen) atoms. The largest absolute Gasteiger partial charge is 0.389 e. The minimum atomic E-state index is -0.234. The molecule has 0 amide bonds. The van der Waals surface area contributed by atoms with Gasteiger partial charge in [0, 0.05) is 0 Å². The summed E-state index contributed by atoms with van der Waals surface area (Å²) in [6.07, 6.45) is 3.98. The van der Waals surface area contributed by atoms with Crippen molar-refractivity contribution >= 4 is 0 Å². The van der Waals surface area contributed by atoms with E-state index in [-0.39, 0.29) is 6.10 Å². The van der Waals surface area contributed by atoms with Crippen LogP contribution in [0.5, 0.6) is 0 Å². The van der Waals surface area contributed by atoms with Gasteiger partial charge in [-0.05, 0) is 43.7 Å². The molecule has 1 aromatic carbocycles. The molecule has 0 saturated heterocycles. The quantitative estimate of drug-likeness (QED) is 0.744. The molecule has 1 fully saturated rings. The van der Waals surface area contributed by atoms with Crippen LogP contribution in [0.1, 0.15) is 31.7 Å². The smallest absolute Gasteiger partial charge is 0.0753 e. The zero-order valence-corrected chi connectivity index (χ0v) is 9.24. The fourth-order valence-corrected chi connectivity index (χ4v) is 1.86. The van der Waals surface area contributed by atoms with Gasteiger partial charge in [0.1, 0.15) is 0 Å². The Kier molecular flexibility index (Phi) is 3.22. The van der Waals surface area contributed by atoms with E-state index in [0.29, 0.717) is 0 Å². The van der Waals surface area contributed by atoms with E-state index in [0.717, 1.165) is 12.8 Å². The highest BCUT2D eigenvalue weighted by Gasteiger charge is 2.19. The summed E-state index contributed by atoms with van der Waals surface area (Å²) in [4.78, 5) is 0. The van der Waals surface area contributed by atoms with E-state index in [9.17, 15) is 5.11 Å². The van der Waals surface area contributed by atoms with Crippen LogP contribution in [0.2, 0.25) is 0 Å². The molecule has 1 N–H and O–H groups in total. The first-order valence-electron chi connectivity index (χ1n) is 5.68. The van der Waals surface area contributed by atoms with Crippen LogP contribution in [0.25, 0.3) is 0 Å². The van der Waals surface area contributed by atoms with Crippen LogP contribution in [0.15, 0.2) is 41.5 Å². The molecule has 1 aliphatic rings. The highest BCUT2D eigenvalue weighted by molar-refractivity contribution is 5.26. The first-order chi connectivity index (χ1) is 7.27. The fraction of sp³-hybridized carbons (Fsp3) is 0.429. The summed E-state index contributed by atoms with van der Waals surface area (Å²) in [6, 6.07) is 10.4. The predicted octanol–water partition coefficient (Wildman–Crippen LogP) is 3.09. The monoisotopic (exact) mass is 202 g/mol. The fourth-order valence-electron chi connectivity index (χ4n) is 1.86. The Hall–Kier alpha value is -1.08. The average molecular weight is 202 g/mol. The Morgan fingerprint density at radius 1 is 1.27 bits per heavy atom. The summed E-state index contributed by atoms with van der Waals surface area (Å²) in [6.45, 7) is 2.07. The molecule has 0 radical (unpaired) electrons. The number of aryl methyl sites for hydroxylation is 1. The Balaban J connectivity index is 1.86. The Morgan fingerprint density at radius 3 is 2.53 bits per heavy atom. The van der Waals surface area contributed by atoms with Crippen LogP contribution in [-0.2, 0) is 6.42 Å². The molecule has 0 bridgehead atoms. The van der Waals surface area contributed by atoms with Gasteiger partial charge in [-0.2, -0.15) is 0 Å². The molecular formula is C14H18O. The van der Waals surface area contributed by atoms with E-state index in [1.807, 2.05) is 18.2 Å². The molecule has 2 rings (SSSR count). The van der Waals surface area contributed by atoms with Crippen molar-refractivity contribution < 1.29 is 5.11 Å². The highest BCUT2D eigenvalue weighted by Crippen LogP contribution is 2.33. The van der Waals surface area contributed by atoms with Gasteiger partial charge in [0.25, 0.3) is 0 Å². The predicted molar refractivity (Wildman–Crippen MR) is 62.7 cm³/mol. The Bertz CT molecular complexity index is 345. The molecule has 0 aromatic heterocycles.